The largest absolute Gasteiger partial charge is 0.457 e. The molecule has 0 atom stereocenters. The van der Waals surface area contributed by atoms with Crippen molar-refractivity contribution in [3.63, 3.8) is 0 Å². The normalized spacial score (nSPS) is 12.4. The van der Waals surface area contributed by atoms with Gasteiger partial charge in [-0.15, -0.1) is 0 Å². The summed E-state index contributed by atoms with van der Waals surface area (Å²) in [4.78, 5) is 24.5. The van der Waals surface area contributed by atoms with Crippen molar-refractivity contribution in [2.45, 2.75) is 6.61 Å². The van der Waals surface area contributed by atoms with E-state index >= 15 is 0 Å². The summed E-state index contributed by atoms with van der Waals surface area (Å²) in [6, 6.07) is 15.7. The lowest BCUT2D eigenvalue weighted by Crippen LogP contribution is -2.08. The average Bonchev–Trinajstić information content (AvgIpc) is 3.20. The van der Waals surface area contributed by atoms with Crippen LogP contribution in [0.1, 0.15) is 15.9 Å². The van der Waals surface area contributed by atoms with Crippen LogP contribution in [0.5, 0.6) is 11.5 Å². The third-order valence-electron chi connectivity index (χ3n) is 4.74. The molecule has 5 rings (SSSR count). The Morgan fingerprint density at radius 2 is 1.93 bits per heavy atom. The summed E-state index contributed by atoms with van der Waals surface area (Å²) < 4.78 is 21.3. The number of rotatable bonds is 3. The van der Waals surface area contributed by atoms with Crippen molar-refractivity contribution in [3.8, 4) is 11.5 Å². The van der Waals surface area contributed by atoms with E-state index < -0.39 is 11.6 Å². The third kappa shape index (κ3) is 3.07. The maximum Gasteiger partial charge on any atom is 0.338 e. The van der Waals surface area contributed by atoms with E-state index in [0.29, 0.717) is 22.6 Å². The minimum Gasteiger partial charge on any atom is -0.457 e. The van der Waals surface area contributed by atoms with E-state index in [9.17, 15) is 9.59 Å². The van der Waals surface area contributed by atoms with Gasteiger partial charge >= 0.3 is 11.6 Å². The van der Waals surface area contributed by atoms with Gasteiger partial charge in [-0.1, -0.05) is 41.9 Å². The fourth-order valence-electron chi connectivity index (χ4n) is 3.45. The molecule has 0 aliphatic carbocycles. The van der Waals surface area contributed by atoms with Gasteiger partial charge in [0.1, 0.15) is 12.2 Å². The molecule has 0 radical (unpaired) electrons. The van der Waals surface area contributed by atoms with Crippen molar-refractivity contribution >= 4 is 39.3 Å². The molecule has 29 heavy (non-hydrogen) atoms. The van der Waals surface area contributed by atoms with Gasteiger partial charge in [-0.3, -0.25) is 0 Å². The molecule has 1 aliphatic rings. The van der Waals surface area contributed by atoms with E-state index in [0.717, 1.165) is 16.2 Å². The molecular weight excluding hydrogens is 396 g/mol. The molecule has 0 spiro atoms. The first-order valence-electron chi connectivity index (χ1n) is 8.81. The highest BCUT2D eigenvalue weighted by molar-refractivity contribution is 6.32. The quantitative estimate of drug-likeness (QED) is 0.278. The van der Waals surface area contributed by atoms with E-state index in [1.165, 1.54) is 18.2 Å². The molecular formula is C22H13ClO6. The number of halogens is 1. The number of carbonyl (C=O) groups excluding carboxylic acids is 1. The van der Waals surface area contributed by atoms with E-state index in [1.54, 1.807) is 6.07 Å². The first-order valence-corrected chi connectivity index (χ1v) is 9.19. The van der Waals surface area contributed by atoms with Crippen molar-refractivity contribution in [2.75, 3.05) is 6.79 Å². The molecule has 1 aromatic heterocycles. The molecule has 0 N–H and O–H groups in total. The summed E-state index contributed by atoms with van der Waals surface area (Å²) in [7, 11) is 0. The van der Waals surface area contributed by atoms with Crippen molar-refractivity contribution in [3.05, 3.63) is 81.2 Å². The molecule has 2 heterocycles. The number of hydrogen-bond donors (Lipinski definition) is 0. The van der Waals surface area contributed by atoms with Crippen LogP contribution in [0, 0.1) is 0 Å². The number of ether oxygens (including phenoxy) is 3. The lowest BCUT2D eigenvalue weighted by molar-refractivity contribution is 0.0473. The van der Waals surface area contributed by atoms with Gasteiger partial charge in [-0.2, -0.15) is 0 Å². The van der Waals surface area contributed by atoms with Crippen molar-refractivity contribution in [1.82, 2.24) is 0 Å². The summed E-state index contributed by atoms with van der Waals surface area (Å²) in [6.45, 7) is -0.0482. The number of benzene rings is 3. The summed E-state index contributed by atoms with van der Waals surface area (Å²) in [5.74, 6) is 0.203. The second-order valence-electron chi connectivity index (χ2n) is 6.52. The Morgan fingerprint density at radius 1 is 1.07 bits per heavy atom. The van der Waals surface area contributed by atoms with Gasteiger partial charge in [0.2, 0.25) is 6.79 Å². The molecule has 0 bridgehead atoms. The Hall–Kier alpha value is -3.51. The van der Waals surface area contributed by atoms with Crippen LogP contribution in [0.3, 0.4) is 0 Å². The van der Waals surface area contributed by atoms with Gasteiger partial charge in [-0.25, -0.2) is 9.59 Å². The second kappa shape index (κ2) is 6.83. The molecule has 0 fully saturated rings. The predicted molar refractivity (Wildman–Crippen MR) is 107 cm³/mol. The van der Waals surface area contributed by atoms with Crippen LogP contribution < -0.4 is 15.1 Å². The Kier molecular flexibility index (Phi) is 4.14. The number of hydrogen-bond acceptors (Lipinski definition) is 6. The number of carbonyl (C=O) groups is 1. The third-order valence-corrected chi connectivity index (χ3v) is 5.02. The van der Waals surface area contributed by atoms with Crippen molar-refractivity contribution < 1.29 is 23.4 Å². The zero-order chi connectivity index (χ0) is 20.0. The molecule has 0 saturated carbocycles. The highest BCUT2D eigenvalue weighted by Gasteiger charge is 2.21. The molecule has 0 saturated heterocycles. The molecule has 6 nitrogen and oxygen atoms in total. The maximum atomic E-state index is 12.6. The molecule has 1 aliphatic heterocycles. The monoisotopic (exact) mass is 408 g/mol. The smallest absolute Gasteiger partial charge is 0.338 e. The predicted octanol–water partition coefficient (Wildman–Crippen LogP) is 4.69. The van der Waals surface area contributed by atoms with E-state index in [4.69, 9.17) is 30.2 Å². The summed E-state index contributed by atoms with van der Waals surface area (Å²) in [6.07, 6.45) is 0. The van der Waals surface area contributed by atoms with Gasteiger partial charge in [0.05, 0.1) is 10.6 Å². The van der Waals surface area contributed by atoms with Crippen LogP contribution >= 0.6 is 11.6 Å². The minimum absolute atomic E-state index is 0.0480. The molecule has 4 aromatic rings. The first kappa shape index (κ1) is 17.6. The number of fused-ring (bicyclic) bond motifs is 4. The SMILES string of the molecule is O=C(OCc1cc(=O)oc2ccc3ccccc3c12)c1cc(Cl)c2c(c1)OCO2. The number of esters is 1. The lowest BCUT2D eigenvalue weighted by Gasteiger charge is -2.10. The molecule has 0 unspecified atom stereocenters. The van der Waals surface area contributed by atoms with Crippen LogP contribution in [0.25, 0.3) is 21.7 Å². The summed E-state index contributed by atoms with van der Waals surface area (Å²) in [5.41, 5.74) is 0.725. The van der Waals surface area contributed by atoms with Gasteiger partial charge in [0.25, 0.3) is 0 Å². The Balaban J connectivity index is 1.51. The van der Waals surface area contributed by atoms with Crippen LogP contribution in [-0.4, -0.2) is 12.8 Å². The van der Waals surface area contributed by atoms with Crippen LogP contribution in [-0.2, 0) is 11.3 Å². The topological polar surface area (TPSA) is 75.0 Å². The fourth-order valence-corrected chi connectivity index (χ4v) is 3.71. The fraction of sp³-hybridized carbons (Fsp3) is 0.0909. The summed E-state index contributed by atoms with van der Waals surface area (Å²) >= 11 is 6.13. The first-order chi connectivity index (χ1) is 14.1. The summed E-state index contributed by atoms with van der Waals surface area (Å²) in [5, 5.41) is 2.90. The van der Waals surface area contributed by atoms with Crippen LogP contribution in [0.2, 0.25) is 5.02 Å². The maximum absolute atomic E-state index is 12.6. The highest BCUT2D eigenvalue weighted by atomic mass is 35.5. The molecule has 144 valence electrons. The molecule has 0 amide bonds. The Bertz CT molecular complexity index is 1340. The minimum atomic E-state index is -0.591. The molecule has 7 heteroatoms. The zero-order valence-electron chi connectivity index (χ0n) is 14.9. The lowest BCUT2D eigenvalue weighted by atomic mass is 10.0. The van der Waals surface area contributed by atoms with E-state index in [2.05, 4.69) is 0 Å². The standard InChI is InChI=1S/C22H13ClO6/c23-16-7-13(8-18-21(16)28-11-27-18)22(25)26-10-14-9-19(24)29-17-6-5-12-3-1-2-4-15(12)20(14)17/h1-9H,10-11H2. The van der Waals surface area contributed by atoms with Crippen molar-refractivity contribution in [1.29, 1.82) is 0 Å². The van der Waals surface area contributed by atoms with E-state index in [1.807, 2.05) is 30.3 Å². The highest BCUT2D eigenvalue weighted by Crippen LogP contribution is 2.40. The molecule has 3 aromatic carbocycles. The van der Waals surface area contributed by atoms with Gasteiger partial charge < -0.3 is 18.6 Å². The van der Waals surface area contributed by atoms with Crippen LogP contribution in [0.15, 0.2) is 63.8 Å². The van der Waals surface area contributed by atoms with Gasteiger partial charge in [0.15, 0.2) is 11.5 Å². The second-order valence-corrected chi connectivity index (χ2v) is 6.93. The van der Waals surface area contributed by atoms with Crippen molar-refractivity contribution in [2.24, 2.45) is 0 Å². The van der Waals surface area contributed by atoms with Gasteiger partial charge in [0, 0.05) is 17.0 Å². The Labute approximate surface area is 169 Å². The van der Waals surface area contributed by atoms with E-state index in [-0.39, 0.29) is 24.0 Å². The van der Waals surface area contributed by atoms with Gasteiger partial charge in [-0.05, 0) is 29.0 Å². The van der Waals surface area contributed by atoms with Crippen LogP contribution in [0.4, 0.5) is 0 Å². The Morgan fingerprint density at radius 3 is 2.83 bits per heavy atom. The average molecular weight is 409 g/mol. The zero-order valence-corrected chi connectivity index (χ0v) is 15.7.